The molecule has 0 radical (unpaired) electrons. The summed E-state index contributed by atoms with van der Waals surface area (Å²) in [6.07, 6.45) is 1.89. The van der Waals surface area contributed by atoms with Gasteiger partial charge in [-0.3, -0.25) is 4.98 Å². The molecule has 1 aliphatic rings. The smallest absolute Gasteiger partial charge is 0.0786 e. The highest BCUT2D eigenvalue weighted by molar-refractivity contribution is 6.12. The third kappa shape index (κ3) is 4.56. The fourth-order valence-corrected chi connectivity index (χ4v) is 9.09. The van der Waals surface area contributed by atoms with E-state index < -0.39 is 0 Å². The molecule has 2 heteroatoms. The molecule has 0 amide bonds. The number of nitrogens with zero attached hydrogens (tertiary/aromatic N) is 2. The van der Waals surface area contributed by atoms with Gasteiger partial charge in [0, 0.05) is 38.8 Å². The molecule has 0 fully saturated rings. The van der Waals surface area contributed by atoms with E-state index in [4.69, 9.17) is 4.98 Å². The number of benzene rings is 8. The minimum Gasteiger partial charge on any atom is -0.309 e. The normalized spacial score (nSPS) is 13.1. The van der Waals surface area contributed by atoms with Crippen LogP contribution in [0, 0.1) is 0 Å². The van der Waals surface area contributed by atoms with E-state index in [9.17, 15) is 0 Å². The predicted octanol–water partition coefficient (Wildman–Crippen LogP) is 13.8. The second kappa shape index (κ2) is 11.6. The third-order valence-electron chi connectivity index (χ3n) is 11.8. The quantitative estimate of drug-likeness (QED) is 0.168. The van der Waals surface area contributed by atoms with E-state index in [-0.39, 0.29) is 5.41 Å². The summed E-state index contributed by atoms with van der Waals surface area (Å²) in [5, 5.41) is 6.13. The summed E-state index contributed by atoms with van der Waals surface area (Å²) in [5.74, 6) is 0. The molecular formula is C52H36N2. The van der Waals surface area contributed by atoms with Crippen LogP contribution >= 0.6 is 0 Å². The van der Waals surface area contributed by atoms with Crippen molar-refractivity contribution in [3.8, 4) is 50.2 Å². The van der Waals surface area contributed by atoms with Crippen LogP contribution in [0.2, 0.25) is 0 Å². The molecule has 0 aliphatic heterocycles. The Morgan fingerprint density at radius 1 is 0.407 bits per heavy atom. The molecule has 0 spiro atoms. The van der Waals surface area contributed by atoms with Crippen molar-refractivity contribution in [2.45, 2.75) is 19.3 Å². The fraction of sp³-hybridized carbons (Fsp3) is 0.0577. The Morgan fingerprint density at radius 3 is 1.76 bits per heavy atom. The summed E-state index contributed by atoms with van der Waals surface area (Å²) in [6, 6.07) is 64.6. The van der Waals surface area contributed by atoms with Crippen LogP contribution in [0.4, 0.5) is 0 Å². The van der Waals surface area contributed by atoms with Crippen molar-refractivity contribution in [3.05, 3.63) is 193 Å². The summed E-state index contributed by atoms with van der Waals surface area (Å²) in [6.45, 7) is 4.76. The molecule has 0 unspecified atom stereocenters. The van der Waals surface area contributed by atoms with Gasteiger partial charge in [-0.1, -0.05) is 135 Å². The number of aromatic nitrogens is 2. The van der Waals surface area contributed by atoms with Crippen molar-refractivity contribution in [2.24, 2.45) is 0 Å². The van der Waals surface area contributed by atoms with Gasteiger partial charge < -0.3 is 4.57 Å². The number of para-hydroxylation sites is 2. The zero-order chi connectivity index (χ0) is 36.0. The molecule has 0 saturated heterocycles. The van der Waals surface area contributed by atoms with Crippen LogP contribution in [0.5, 0.6) is 0 Å². The molecule has 0 atom stereocenters. The van der Waals surface area contributed by atoms with Crippen molar-refractivity contribution in [3.63, 3.8) is 0 Å². The zero-order valence-electron chi connectivity index (χ0n) is 30.2. The van der Waals surface area contributed by atoms with Gasteiger partial charge in [-0.15, -0.1) is 0 Å². The highest BCUT2D eigenvalue weighted by Crippen LogP contribution is 2.51. The van der Waals surface area contributed by atoms with E-state index in [1.807, 2.05) is 12.3 Å². The highest BCUT2D eigenvalue weighted by atomic mass is 15.0. The standard InChI is InChI=1S/C52H36N2/c1-52(2)47-31-36(33-18-20-34(21-19-33)45-30-38-11-6-7-14-40(38)51-44(45)16-10-28-53-51)22-25-41(47)42-26-23-37(32-48(42)52)35-24-27-50-46(29-35)43-15-8-9-17-49(43)54(50)39-12-4-3-5-13-39/h3-32H,1-2H3. The molecule has 2 heterocycles. The van der Waals surface area contributed by atoms with E-state index in [1.54, 1.807) is 0 Å². The van der Waals surface area contributed by atoms with Crippen LogP contribution in [0.1, 0.15) is 25.0 Å². The van der Waals surface area contributed by atoms with Crippen molar-refractivity contribution < 1.29 is 0 Å². The second-order valence-corrected chi connectivity index (χ2v) is 15.2. The zero-order valence-corrected chi connectivity index (χ0v) is 30.2. The molecule has 0 bridgehead atoms. The molecule has 1 aliphatic carbocycles. The molecule has 54 heavy (non-hydrogen) atoms. The summed E-state index contributed by atoms with van der Waals surface area (Å²) in [7, 11) is 0. The van der Waals surface area contributed by atoms with Gasteiger partial charge in [0.25, 0.3) is 0 Å². The number of hydrogen-bond donors (Lipinski definition) is 0. The highest BCUT2D eigenvalue weighted by Gasteiger charge is 2.36. The van der Waals surface area contributed by atoms with Crippen molar-refractivity contribution >= 4 is 43.5 Å². The lowest BCUT2D eigenvalue weighted by molar-refractivity contribution is 0.661. The Bertz CT molecular complexity index is 3110. The van der Waals surface area contributed by atoms with Gasteiger partial charge in [0.1, 0.15) is 0 Å². The summed E-state index contributed by atoms with van der Waals surface area (Å²) < 4.78 is 2.38. The third-order valence-corrected chi connectivity index (χ3v) is 11.8. The lowest BCUT2D eigenvalue weighted by Gasteiger charge is -2.22. The van der Waals surface area contributed by atoms with E-state index in [1.165, 1.54) is 99.3 Å². The lowest BCUT2D eigenvalue weighted by Crippen LogP contribution is -2.15. The predicted molar refractivity (Wildman–Crippen MR) is 227 cm³/mol. The number of hydrogen-bond acceptors (Lipinski definition) is 1. The van der Waals surface area contributed by atoms with Gasteiger partial charge in [0.05, 0.1) is 16.6 Å². The maximum atomic E-state index is 4.78. The van der Waals surface area contributed by atoms with Gasteiger partial charge in [0.2, 0.25) is 0 Å². The van der Waals surface area contributed by atoms with Gasteiger partial charge in [-0.2, -0.15) is 0 Å². The minimum atomic E-state index is -0.138. The van der Waals surface area contributed by atoms with E-state index in [0.717, 1.165) is 5.52 Å². The molecule has 2 aromatic heterocycles. The van der Waals surface area contributed by atoms with Crippen LogP contribution in [-0.4, -0.2) is 9.55 Å². The fourth-order valence-electron chi connectivity index (χ4n) is 9.09. The second-order valence-electron chi connectivity index (χ2n) is 15.2. The monoisotopic (exact) mass is 688 g/mol. The minimum absolute atomic E-state index is 0.138. The summed E-state index contributed by atoms with van der Waals surface area (Å²) in [5.41, 5.74) is 17.3. The number of pyridine rings is 1. The maximum absolute atomic E-state index is 4.78. The maximum Gasteiger partial charge on any atom is 0.0786 e. The first-order valence-electron chi connectivity index (χ1n) is 18.8. The molecule has 0 saturated carbocycles. The van der Waals surface area contributed by atoms with E-state index in [2.05, 4.69) is 188 Å². The van der Waals surface area contributed by atoms with Crippen LogP contribution in [0.15, 0.2) is 182 Å². The van der Waals surface area contributed by atoms with Gasteiger partial charge >= 0.3 is 0 Å². The Morgan fingerprint density at radius 2 is 0.981 bits per heavy atom. The van der Waals surface area contributed by atoms with Crippen LogP contribution in [0.25, 0.3) is 93.7 Å². The first-order valence-corrected chi connectivity index (χ1v) is 18.8. The first kappa shape index (κ1) is 30.8. The van der Waals surface area contributed by atoms with E-state index in [0.29, 0.717) is 0 Å². The van der Waals surface area contributed by atoms with Crippen molar-refractivity contribution in [1.29, 1.82) is 0 Å². The van der Waals surface area contributed by atoms with Crippen molar-refractivity contribution in [2.75, 3.05) is 0 Å². The average molecular weight is 689 g/mol. The molecule has 10 aromatic rings. The van der Waals surface area contributed by atoms with Crippen molar-refractivity contribution in [1.82, 2.24) is 9.55 Å². The Kier molecular flexibility index (Phi) is 6.63. The molecule has 0 N–H and O–H groups in total. The van der Waals surface area contributed by atoms with Crippen LogP contribution < -0.4 is 0 Å². The molecule has 8 aromatic carbocycles. The summed E-state index contributed by atoms with van der Waals surface area (Å²) in [4.78, 5) is 4.78. The molecular weight excluding hydrogens is 653 g/mol. The van der Waals surface area contributed by atoms with E-state index >= 15 is 0 Å². The Labute approximate surface area is 314 Å². The largest absolute Gasteiger partial charge is 0.309 e. The van der Waals surface area contributed by atoms with Crippen LogP contribution in [-0.2, 0) is 5.41 Å². The van der Waals surface area contributed by atoms with Gasteiger partial charge in [-0.05, 0) is 116 Å². The Hall–Kier alpha value is -6.77. The van der Waals surface area contributed by atoms with Gasteiger partial charge in [0.15, 0.2) is 0 Å². The lowest BCUT2D eigenvalue weighted by atomic mass is 9.80. The number of fused-ring (bicyclic) bond motifs is 9. The average Bonchev–Trinajstić information content (AvgIpc) is 3.68. The summed E-state index contributed by atoms with van der Waals surface area (Å²) >= 11 is 0. The first-order chi connectivity index (χ1) is 26.5. The molecule has 2 nitrogen and oxygen atoms in total. The molecule has 11 rings (SSSR count). The Balaban J connectivity index is 0.950. The SMILES string of the molecule is CC1(C)c2cc(-c3ccc(-c4cc5ccccc5c5ncccc45)cc3)ccc2-c2ccc(-c3ccc4c(c3)c3ccccc3n4-c3ccccc3)cc21. The topological polar surface area (TPSA) is 17.8 Å². The van der Waals surface area contributed by atoms with Crippen LogP contribution in [0.3, 0.4) is 0 Å². The van der Waals surface area contributed by atoms with Gasteiger partial charge in [-0.25, -0.2) is 0 Å². The molecule has 254 valence electrons. The number of rotatable bonds is 4.